The molecule has 0 aromatic heterocycles. The molecule has 3 nitrogen and oxygen atoms in total. The van der Waals surface area contributed by atoms with Crippen molar-refractivity contribution in [1.29, 1.82) is 0 Å². The molecule has 1 aromatic carbocycles. The Hall–Kier alpha value is -0.410. The van der Waals surface area contributed by atoms with Gasteiger partial charge in [0.15, 0.2) is 0 Å². The summed E-state index contributed by atoms with van der Waals surface area (Å²) in [5.41, 5.74) is 2.21. The molecule has 0 saturated carbocycles. The molecule has 0 fully saturated rings. The molecule has 9 heteroatoms. The summed E-state index contributed by atoms with van der Waals surface area (Å²) >= 11 is 8.71. The first kappa shape index (κ1) is 16.6. The Kier molecular flexibility index (Phi) is 6.00. The van der Waals surface area contributed by atoms with Crippen LogP contribution >= 0.6 is 27.5 Å². The number of nitrogens with one attached hydrogen (secondary N) is 1. The maximum Gasteiger partial charge on any atom is 0.411 e. The van der Waals surface area contributed by atoms with Crippen LogP contribution < -0.4 is 11.3 Å². The third-order valence-corrected chi connectivity index (χ3v) is 3.45. The van der Waals surface area contributed by atoms with Crippen LogP contribution in [0.2, 0.25) is 5.02 Å². The van der Waals surface area contributed by atoms with Crippen LogP contribution in [0.5, 0.6) is 0 Å². The van der Waals surface area contributed by atoms with Gasteiger partial charge in [-0.15, -0.1) is 0 Å². The minimum absolute atomic E-state index is 0.0258. The topological polar surface area (TPSA) is 47.3 Å². The largest absolute Gasteiger partial charge is 0.411 e. The van der Waals surface area contributed by atoms with Gasteiger partial charge in [-0.3, -0.25) is 11.3 Å². The van der Waals surface area contributed by atoms with Gasteiger partial charge in [0, 0.05) is 10.0 Å². The van der Waals surface area contributed by atoms with Crippen LogP contribution in [0, 0.1) is 5.82 Å². The van der Waals surface area contributed by atoms with E-state index in [4.69, 9.17) is 17.4 Å². The van der Waals surface area contributed by atoms with Crippen molar-refractivity contribution in [1.82, 2.24) is 5.43 Å². The van der Waals surface area contributed by atoms with Crippen LogP contribution in [0.3, 0.4) is 0 Å². The summed E-state index contributed by atoms with van der Waals surface area (Å²) in [5.74, 6) is 4.41. The predicted octanol–water partition coefficient (Wildman–Crippen LogP) is 3.32. The van der Waals surface area contributed by atoms with Crippen LogP contribution in [0.1, 0.15) is 11.6 Å². The van der Waals surface area contributed by atoms with E-state index in [1.807, 2.05) is 0 Å². The number of hydrogen-bond acceptors (Lipinski definition) is 3. The number of nitrogens with two attached hydrogens (primary N) is 1. The van der Waals surface area contributed by atoms with Crippen molar-refractivity contribution < 1.29 is 22.3 Å². The average Bonchev–Trinajstić information content (AvgIpc) is 2.32. The Morgan fingerprint density at radius 2 is 2.05 bits per heavy atom. The Morgan fingerprint density at radius 1 is 1.42 bits per heavy atom. The molecule has 0 bridgehead atoms. The molecule has 0 spiro atoms. The molecule has 3 N–H and O–H groups in total. The molecule has 1 rings (SSSR count). The van der Waals surface area contributed by atoms with Gasteiger partial charge in [-0.1, -0.05) is 17.7 Å². The highest BCUT2D eigenvalue weighted by Gasteiger charge is 2.28. The summed E-state index contributed by atoms with van der Waals surface area (Å²) in [6, 6.07) is 1.88. The van der Waals surface area contributed by atoms with E-state index in [1.54, 1.807) is 0 Å². The lowest BCUT2D eigenvalue weighted by atomic mass is 10.1. The second-order valence-corrected chi connectivity index (χ2v) is 4.85. The molecule has 0 aliphatic heterocycles. The van der Waals surface area contributed by atoms with Crippen molar-refractivity contribution in [3.8, 4) is 0 Å². The zero-order chi connectivity index (χ0) is 14.6. The van der Waals surface area contributed by atoms with E-state index >= 15 is 0 Å². The lowest BCUT2D eigenvalue weighted by molar-refractivity contribution is -0.175. The number of ether oxygens (including phenoxy) is 1. The average molecular weight is 366 g/mol. The number of benzene rings is 1. The van der Waals surface area contributed by atoms with Gasteiger partial charge in [-0.2, -0.15) is 13.2 Å². The number of hydrazine groups is 1. The number of rotatable bonds is 5. The fourth-order valence-electron chi connectivity index (χ4n) is 1.33. The Balaban J connectivity index is 2.78. The molecule has 0 radical (unpaired) electrons. The van der Waals surface area contributed by atoms with E-state index in [0.717, 1.165) is 0 Å². The first-order valence-corrected chi connectivity index (χ1v) is 6.17. The first-order chi connectivity index (χ1) is 8.76. The molecule has 0 saturated heterocycles. The van der Waals surface area contributed by atoms with Gasteiger partial charge in [0.25, 0.3) is 0 Å². The van der Waals surface area contributed by atoms with Crippen LogP contribution in [0.15, 0.2) is 16.6 Å². The molecule has 0 amide bonds. The lowest BCUT2D eigenvalue weighted by Gasteiger charge is -2.18. The smallest absolute Gasteiger partial charge is 0.370 e. The van der Waals surface area contributed by atoms with Crippen molar-refractivity contribution in [3.63, 3.8) is 0 Å². The van der Waals surface area contributed by atoms with E-state index in [9.17, 15) is 17.6 Å². The van der Waals surface area contributed by atoms with Crippen molar-refractivity contribution in [2.75, 3.05) is 13.2 Å². The standard InChI is InChI=1S/C10H10BrClF4N2O/c11-6-2-1-5(9(13)8(6)12)7(18-17)3-19-4-10(14,15)16/h1-2,7,18H,3-4,17H2. The SMILES string of the molecule is NNC(COCC(F)(F)F)c1ccc(Br)c(Cl)c1F. The molecular formula is C10H10BrClF4N2O. The monoisotopic (exact) mass is 364 g/mol. The Morgan fingerprint density at radius 3 is 2.58 bits per heavy atom. The lowest BCUT2D eigenvalue weighted by Crippen LogP contribution is -2.33. The molecule has 108 valence electrons. The molecule has 1 atom stereocenters. The van der Waals surface area contributed by atoms with E-state index in [0.29, 0.717) is 4.47 Å². The molecule has 19 heavy (non-hydrogen) atoms. The quantitative estimate of drug-likeness (QED) is 0.364. The predicted molar refractivity (Wildman–Crippen MR) is 66.0 cm³/mol. The van der Waals surface area contributed by atoms with Crippen LogP contribution in [-0.4, -0.2) is 19.4 Å². The van der Waals surface area contributed by atoms with Gasteiger partial charge in [0.1, 0.15) is 12.4 Å². The minimum Gasteiger partial charge on any atom is -0.370 e. The maximum atomic E-state index is 13.8. The zero-order valence-corrected chi connectivity index (χ0v) is 11.7. The van der Waals surface area contributed by atoms with Crippen LogP contribution in [0.25, 0.3) is 0 Å². The third kappa shape index (κ3) is 4.88. The van der Waals surface area contributed by atoms with Gasteiger partial charge in [0.05, 0.1) is 17.7 Å². The van der Waals surface area contributed by atoms with Crippen molar-refractivity contribution in [3.05, 3.63) is 33.0 Å². The summed E-state index contributed by atoms with van der Waals surface area (Å²) in [5, 5.41) is -0.173. The summed E-state index contributed by atoms with van der Waals surface area (Å²) in [4.78, 5) is 0. The molecular weight excluding hydrogens is 355 g/mol. The number of alkyl halides is 3. The molecule has 1 aromatic rings. The summed E-state index contributed by atoms with van der Waals surface area (Å²) < 4.78 is 54.4. The van der Waals surface area contributed by atoms with Gasteiger partial charge < -0.3 is 4.74 Å². The minimum atomic E-state index is -4.45. The van der Waals surface area contributed by atoms with Gasteiger partial charge in [-0.25, -0.2) is 4.39 Å². The Bertz CT molecular complexity index is 444. The highest BCUT2D eigenvalue weighted by molar-refractivity contribution is 9.10. The highest BCUT2D eigenvalue weighted by Crippen LogP contribution is 2.30. The molecule has 1 unspecified atom stereocenters. The maximum absolute atomic E-state index is 13.8. The first-order valence-electron chi connectivity index (χ1n) is 5.00. The van der Waals surface area contributed by atoms with Gasteiger partial charge in [-0.05, 0) is 22.0 Å². The van der Waals surface area contributed by atoms with Crippen molar-refractivity contribution in [2.45, 2.75) is 12.2 Å². The van der Waals surface area contributed by atoms with Crippen LogP contribution in [0.4, 0.5) is 17.6 Å². The van der Waals surface area contributed by atoms with Crippen molar-refractivity contribution >= 4 is 27.5 Å². The second kappa shape index (κ2) is 6.85. The third-order valence-electron chi connectivity index (χ3n) is 2.19. The van der Waals surface area contributed by atoms with E-state index in [-0.39, 0.29) is 10.6 Å². The number of halogens is 6. The summed E-state index contributed by atoms with van der Waals surface area (Å²) in [6.07, 6.45) is -4.45. The number of hydrogen-bond donors (Lipinski definition) is 2. The fraction of sp³-hybridized carbons (Fsp3) is 0.400. The summed E-state index contributed by atoms with van der Waals surface area (Å²) in [7, 11) is 0. The molecule has 0 heterocycles. The normalized spacial score (nSPS) is 13.6. The van der Waals surface area contributed by atoms with Gasteiger partial charge in [0.2, 0.25) is 0 Å². The summed E-state index contributed by atoms with van der Waals surface area (Å²) in [6.45, 7) is -1.87. The Labute approximate surface area is 120 Å². The van der Waals surface area contributed by atoms with E-state index in [2.05, 4.69) is 26.1 Å². The second-order valence-electron chi connectivity index (χ2n) is 3.61. The zero-order valence-electron chi connectivity index (χ0n) is 9.40. The highest BCUT2D eigenvalue weighted by atomic mass is 79.9. The van der Waals surface area contributed by atoms with Crippen LogP contribution in [-0.2, 0) is 4.74 Å². The van der Waals surface area contributed by atoms with E-state index in [1.165, 1.54) is 12.1 Å². The fourth-order valence-corrected chi connectivity index (χ4v) is 1.81. The molecule has 0 aliphatic carbocycles. The molecule has 0 aliphatic rings. The van der Waals surface area contributed by atoms with E-state index < -0.39 is 31.2 Å². The van der Waals surface area contributed by atoms with Crippen molar-refractivity contribution in [2.24, 2.45) is 5.84 Å². The van der Waals surface area contributed by atoms with Gasteiger partial charge >= 0.3 is 6.18 Å².